The number of carbonyl (C=O) groups excluding carboxylic acids is 1. The van der Waals surface area contributed by atoms with Gasteiger partial charge in [-0.15, -0.1) is 0 Å². The number of aromatic nitrogens is 1. The highest BCUT2D eigenvalue weighted by atomic mass is 16.5. The van der Waals surface area contributed by atoms with Crippen LogP contribution in [-0.4, -0.2) is 50.4 Å². The van der Waals surface area contributed by atoms with Crippen molar-refractivity contribution in [2.24, 2.45) is 17.8 Å². The standard InChI is InChI=1S/C26H32N4O3/c1-32-22-7-4-17(5-8-22)26(31)30-14-18-3-2-10-27-25(18)28-23-9-6-21(11-24(23)30)29-12-19-15-33-16-20(19)13-29/h2-3,6,9-11,17,19-20,22H,4-5,7-8,12-16H2,1H3,(H,27,28)/t17?,19-,20?,22?/m1/s1. The number of fused-ring (bicyclic) bond motifs is 3. The molecule has 2 aromatic rings. The smallest absolute Gasteiger partial charge is 0.230 e. The zero-order valence-electron chi connectivity index (χ0n) is 19.2. The Morgan fingerprint density at radius 2 is 1.91 bits per heavy atom. The van der Waals surface area contributed by atoms with E-state index in [2.05, 4.69) is 39.5 Å². The third-order valence-corrected chi connectivity index (χ3v) is 7.97. The molecule has 1 aromatic carbocycles. The van der Waals surface area contributed by atoms with Gasteiger partial charge in [-0.25, -0.2) is 4.98 Å². The maximum atomic E-state index is 13.9. The van der Waals surface area contributed by atoms with Crippen molar-refractivity contribution in [2.75, 3.05) is 48.5 Å². The van der Waals surface area contributed by atoms with Crippen LogP contribution >= 0.6 is 0 Å². The van der Waals surface area contributed by atoms with E-state index in [4.69, 9.17) is 9.47 Å². The van der Waals surface area contributed by atoms with Gasteiger partial charge in [0.15, 0.2) is 0 Å². The predicted molar refractivity (Wildman–Crippen MR) is 128 cm³/mol. The number of ether oxygens (including phenoxy) is 2. The van der Waals surface area contributed by atoms with Gasteiger partial charge in [-0.05, 0) is 49.9 Å². The van der Waals surface area contributed by atoms with Gasteiger partial charge in [0, 0.05) is 55.4 Å². The first-order chi connectivity index (χ1) is 16.2. The molecule has 1 N–H and O–H groups in total. The predicted octanol–water partition coefficient (Wildman–Crippen LogP) is 3.96. The van der Waals surface area contributed by atoms with Crippen LogP contribution < -0.4 is 15.1 Å². The number of carbonyl (C=O) groups is 1. The molecular weight excluding hydrogens is 416 g/mol. The first-order valence-electron chi connectivity index (χ1n) is 12.2. The van der Waals surface area contributed by atoms with Crippen LogP contribution in [0.15, 0.2) is 36.5 Å². The van der Waals surface area contributed by atoms with Gasteiger partial charge in [0.25, 0.3) is 0 Å². The van der Waals surface area contributed by atoms with Gasteiger partial charge in [-0.1, -0.05) is 6.07 Å². The van der Waals surface area contributed by atoms with Crippen molar-refractivity contribution in [1.82, 2.24) is 4.98 Å². The van der Waals surface area contributed by atoms with Crippen molar-refractivity contribution in [2.45, 2.75) is 38.3 Å². The molecule has 7 heteroatoms. The normalized spacial score (nSPS) is 28.5. The van der Waals surface area contributed by atoms with Gasteiger partial charge in [0.2, 0.25) is 5.91 Å². The van der Waals surface area contributed by atoms with Gasteiger partial charge in [0.05, 0.1) is 37.2 Å². The second kappa shape index (κ2) is 8.61. The van der Waals surface area contributed by atoms with Crippen LogP contribution in [0.1, 0.15) is 31.2 Å². The molecule has 1 amide bonds. The van der Waals surface area contributed by atoms with E-state index in [1.807, 2.05) is 11.0 Å². The number of amides is 1. The topological polar surface area (TPSA) is 66.9 Å². The largest absolute Gasteiger partial charge is 0.381 e. The number of hydrogen-bond donors (Lipinski definition) is 1. The van der Waals surface area contributed by atoms with Crippen LogP contribution in [0.5, 0.6) is 0 Å². The highest BCUT2D eigenvalue weighted by Crippen LogP contribution is 2.41. The fourth-order valence-corrected chi connectivity index (χ4v) is 5.97. The van der Waals surface area contributed by atoms with Gasteiger partial charge in [0.1, 0.15) is 5.82 Å². The van der Waals surface area contributed by atoms with E-state index in [0.29, 0.717) is 18.4 Å². The fraction of sp³-hybridized carbons (Fsp3) is 0.538. The third-order valence-electron chi connectivity index (χ3n) is 7.97. The van der Waals surface area contributed by atoms with Crippen LogP contribution in [0.25, 0.3) is 0 Å². The number of hydrogen-bond acceptors (Lipinski definition) is 6. The zero-order valence-corrected chi connectivity index (χ0v) is 19.2. The molecule has 6 rings (SSSR count). The summed E-state index contributed by atoms with van der Waals surface area (Å²) in [5.41, 5.74) is 4.13. The zero-order chi connectivity index (χ0) is 22.4. The summed E-state index contributed by atoms with van der Waals surface area (Å²) in [5, 5.41) is 3.50. The Balaban J connectivity index is 1.33. The van der Waals surface area contributed by atoms with E-state index >= 15 is 0 Å². The number of benzene rings is 1. The second-order valence-electron chi connectivity index (χ2n) is 9.93. The number of rotatable bonds is 3. The van der Waals surface area contributed by atoms with Gasteiger partial charge < -0.3 is 24.6 Å². The highest BCUT2D eigenvalue weighted by molar-refractivity contribution is 6.00. The number of pyridine rings is 1. The molecule has 1 saturated carbocycles. The fourth-order valence-electron chi connectivity index (χ4n) is 5.97. The summed E-state index contributed by atoms with van der Waals surface area (Å²) in [6.45, 7) is 4.31. The number of nitrogens with zero attached hydrogens (tertiary/aromatic N) is 3. The van der Waals surface area contributed by atoms with Gasteiger partial charge in [-0.3, -0.25) is 4.79 Å². The molecule has 2 saturated heterocycles. The lowest BCUT2D eigenvalue weighted by Crippen LogP contribution is -2.38. The Morgan fingerprint density at radius 1 is 1.12 bits per heavy atom. The molecule has 7 nitrogen and oxygen atoms in total. The van der Waals surface area contributed by atoms with E-state index in [1.54, 1.807) is 13.3 Å². The first kappa shape index (κ1) is 20.9. The summed E-state index contributed by atoms with van der Waals surface area (Å²) in [7, 11) is 1.77. The molecule has 4 heterocycles. The summed E-state index contributed by atoms with van der Waals surface area (Å²) in [4.78, 5) is 22.9. The molecule has 1 aliphatic carbocycles. The molecule has 33 heavy (non-hydrogen) atoms. The Hall–Kier alpha value is -2.64. The molecule has 0 bridgehead atoms. The van der Waals surface area contributed by atoms with E-state index in [0.717, 1.165) is 74.7 Å². The molecule has 2 atom stereocenters. The summed E-state index contributed by atoms with van der Waals surface area (Å²) in [6.07, 6.45) is 5.74. The van der Waals surface area contributed by atoms with Gasteiger partial charge in [-0.2, -0.15) is 0 Å². The Kier molecular flexibility index (Phi) is 5.46. The summed E-state index contributed by atoms with van der Waals surface area (Å²) in [6, 6.07) is 10.5. The van der Waals surface area contributed by atoms with E-state index < -0.39 is 0 Å². The minimum absolute atomic E-state index is 0.0365. The lowest BCUT2D eigenvalue weighted by atomic mass is 9.86. The number of anilines is 4. The van der Waals surface area contributed by atoms with Crippen molar-refractivity contribution in [1.29, 1.82) is 0 Å². The van der Waals surface area contributed by atoms with E-state index in [9.17, 15) is 4.79 Å². The van der Waals surface area contributed by atoms with Crippen molar-refractivity contribution < 1.29 is 14.3 Å². The summed E-state index contributed by atoms with van der Waals surface area (Å²) >= 11 is 0. The Morgan fingerprint density at radius 3 is 2.67 bits per heavy atom. The summed E-state index contributed by atoms with van der Waals surface area (Å²) < 4.78 is 11.2. The SMILES string of the molecule is COC1CCC(C(=O)N2Cc3cccnc3Nc3ccc(N4CC5COC[C@H]5C4)cc32)CC1. The maximum Gasteiger partial charge on any atom is 0.230 e. The molecule has 4 aliphatic rings. The van der Waals surface area contributed by atoms with Crippen LogP contribution in [-0.2, 0) is 20.8 Å². The minimum Gasteiger partial charge on any atom is -0.381 e. The average molecular weight is 449 g/mol. The quantitative estimate of drug-likeness (QED) is 0.767. The Labute approximate surface area is 195 Å². The first-order valence-corrected chi connectivity index (χ1v) is 12.2. The van der Waals surface area contributed by atoms with E-state index in [1.165, 1.54) is 5.69 Å². The van der Waals surface area contributed by atoms with Crippen LogP contribution in [0.4, 0.5) is 22.9 Å². The molecule has 1 aromatic heterocycles. The van der Waals surface area contributed by atoms with E-state index in [-0.39, 0.29) is 17.9 Å². The average Bonchev–Trinajstić information content (AvgIpc) is 3.42. The number of methoxy groups -OCH3 is 1. The monoisotopic (exact) mass is 448 g/mol. The lowest BCUT2D eigenvalue weighted by molar-refractivity contribution is -0.124. The van der Waals surface area contributed by atoms with Crippen molar-refractivity contribution >= 4 is 28.8 Å². The molecule has 3 fully saturated rings. The molecule has 0 spiro atoms. The summed E-state index contributed by atoms with van der Waals surface area (Å²) in [5.74, 6) is 2.31. The molecule has 1 unspecified atom stereocenters. The molecule has 3 aliphatic heterocycles. The second-order valence-corrected chi connectivity index (χ2v) is 9.93. The third kappa shape index (κ3) is 3.87. The van der Waals surface area contributed by atoms with Crippen molar-refractivity contribution in [3.63, 3.8) is 0 Å². The van der Waals surface area contributed by atoms with Gasteiger partial charge >= 0.3 is 0 Å². The lowest BCUT2D eigenvalue weighted by Gasteiger charge is -2.32. The molecule has 0 radical (unpaired) electrons. The molecule has 174 valence electrons. The van der Waals surface area contributed by atoms with Crippen LogP contribution in [0, 0.1) is 17.8 Å². The van der Waals surface area contributed by atoms with Crippen LogP contribution in [0.2, 0.25) is 0 Å². The molecular formula is C26H32N4O3. The van der Waals surface area contributed by atoms with Crippen LogP contribution in [0.3, 0.4) is 0 Å². The van der Waals surface area contributed by atoms with Crippen molar-refractivity contribution in [3.8, 4) is 0 Å². The maximum absolute atomic E-state index is 13.9. The number of nitrogens with one attached hydrogen (secondary N) is 1. The Bertz CT molecular complexity index is 1020. The highest BCUT2D eigenvalue weighted by Gasteiger charge is 2.38. The minimum atomic E-state index is 0.0365. The van der Waals surface area contributed by atoms with Crippen molar-refractivity contribution in [3.05, 3.63) is 42.1 Å².